The van der Waals surface area contributed by atoms with E-state index in [1.807, 2.05) is 6.07 Å². The Morgan fingerprint density at radius 1 is 1.11 bits per heavy atom. The number of amides is 3. The lowest BCUT2D eigenvalue weighted by Gasteiger charge is -2.22. The van der Waals surface area contributed by atoms with Gasteiger partial charge in [-0.05, 0) is 60.6 Å². The van der Waals surface area contributed by atoms with Crippen LogP contribution in [0.2, 0.25) is 0 Å². The van der Waals surface area contributed by atoms with Crippen LogP contribution in [0.25, 0.3) is 0 Å². The van der Waals surface area contributed by atoms with Crippen LogP contribution in [0.4, 0.5) is 8.78 Å². The second-order valence-electron chi connectivity index (χ2n) is 10.1. The van der Waals surface area contributed by atoms with Crippen LogP contribution < -0.4 is 14.8 Å². The summed E-state index contributed by atoms with van der Waals surface area (Å²) in [5, 5.41) is 2.89. The fraction of sp³-hybridized carbons (Fsp3) is 0.464. The first-order valence-corrected chi connectivity index (χ1v) is 12.7. The van der Waals surface area contributed by atoms with Crippen molar-refractivity contribution in [2.75, 3.05) is 27.2 Å². The number of nitrogens with one attached hydrogen (secondary N) is 1. The molecule has 38 heavy (non-hydrogen) atoms. The number of halogens is 2. The van der Waals surface area contributed by atoms with Crippen molar-refractivity contribution in [3.63, 3.8) is 0 Å². The SMILES string of the molecule is CC(=O)N1CC(c2ccc(OC(F)F)c(OCC3CC3)c2)C[C@@H]1C(=O)NCc1cccc(C(=O)N(C)C)c1. The summed E-state index contributed by atoms with van der Waals surface area (Å²) >= 11 is 0. The third kappa shape index (κ3) is 6.79. The molecule has 2 fully saturated rings. The van der Waals surface area contributed by atoms with E-state index >= 15 is 0 Å². The summed E-state index contributed by atoms with van der Waals surface area (Å²) in [5.41, 5.74) is 2.07. The Labute approximate surface area is 220 Å². The zero-order chi connectivity index (χ0) is 27.4. The van der Waals surface area contributed by atoms with E-state index in [0.29, 0.717) is 31.1 Å². The summed E-state index contributed by atoms with van der Waals surface area (Å²) in [4.78, 5) is 40.8. The van der Waals surface area contributed by atoms with Crippen LogP contribution in [0, 0.1) is 5.92 Å². The maximum atomic E-state index is 13.2. The van der Waals surface area contributed by atoms with Gasteiger partial charge in [-0.2, -0.15) is 8.78 Å². The van der Waals surface area contributed by atoms with Crippen LogP contribution in [0.1, 0.15) is 53.6 Å². The van der Waals surface area contributed by atoms with Gasteiger partial charge in [-0.25, -0.2) is 0 Å². The van der Waals surface area contributed by atoms with Gasteiger partial charge in [0.1, 0.15) is 6.04 Å². The van der Waals surface area contributed by atoms with Crippen LogP contribution in [-0.2, 0) is 16.1 Å². The summed E-state index contributed by atoms with van der Waals surface area (Å²) < 4.78 is 36.2. The van der Waals surface area contributed by atoms with Crippen molar-refractivity contribution in [3.05, 3.63) is 59.2 Å². The van der Waals surface area contributed by atoms with E-state index in [4.69, 9.17) is 4.74 Å². The summed E-state index contributed by atoms with van der Waals surface area (Å²) in [5.74, 6) is -0.208. The number of hydrogen-bond donors (Lipinski definition) is 1. The maximum absolute atomic E-state index is 13.2. The molecule has 8 nitrogen and oxygen atoms in total. The van der Waals surface area contributed by atoms with Crippen LogP contribution in [-0.4, -0.2) is 67.4 Å². The number of ether oxygens (including phenoxy) is 2. The molecule has 10 heteroatoms. The highest BCUT2D eigenvalue weighted by atomic mass is 19.3. The second kappa shape index (κ2) is 11.8. The molecule has 2 atom stereocenters. The van der Waals surface area contributed by atoms with E-state index in [1.54, 1.807) is 44.4 Å². The predicted octanol–water partition coefficient (Wildman–Crippen LogP) is 3.80. The molecule has 2 aromatic carbocycles. The molecule has 0 radical (unpaired) electrons. The summed E-state index contributed by atoms with van der Waals surface area (Å²) in [6.07, 6.45) is 2.48. The smallest absolute Gasteiger partial charge is 0.387 e. The molecule has 0 spiro atoms. The highest BCUT2D eigenvalue weighted by molar-refractivity contribution is 5.94. The van der Waals surface area contributed by atoms with Crippen molar-refractivity contribution in [1.82, 2.24) is 15.1 Å². The first-order chi connectivity index (χ1) is 18.1. The number of benzene rings is 2. The molecule has 2 aliphatic rings. The minimum absolute atomic E-state index is 0.0323. The number of rotatable bonds is 10. The molecule has 1 aliphatic carbocycles. The van der Waals surface area contributed by atoms with Gasteiger partial charge >= 0.3 is 6.61 Å². The lowest BCUT2D eigenvalue weighted by Crippen LogP contribution is -2.44. The molecule has 1 heterocycles. The predicted molar refractivity (Wildman–Crippen MR) is 136 cm³/mol. The summed E-state index contributed by atoms with van der Waals surface area (Å²) in [6.45, 7) is -0.600. The Morgan fingerprint density at radius 3 is 2.53 bits per heavy atom. The van der Waals surface area contributed by atoms with E-state index in [0.717, 1.165) is 24.0 Å². The average Bonchev–Trinajstić information content (AvgIpc) is 3.60. The van der Waals surface area contributed by atoms with Gasteiger partial charge in [0.25, 0.3) is 5.91 Å². The van der Waals surface area contributed by atoms with E-state index in [-0.39, 0.29) is 41.7 Å². The van der Waals surface area contributed by atoms with E-state index in [2.05, 4.69) is 10.1 Å². The highest BCUT2D eigenvalue weighted by Gasteiger charge is 2.39. The quantitative estimate of drug-likeness (QED) is 0.506. The molecule has 1 N–H and O–H groups in total. The van der Waals surface area contributed by atoms with Crippen LogP contribution in [0.15, 0.2) is 42.5 Å². The van der Waals surface area contributed by atoms with Gasteiger partial charge in [-0.15, -0.1) is 0 Å². The molecule has 0 bridgehead atoms. The lowest BCUT2D eigenvalue weighted by atomic mass is 9.95. The van der Waals surface area contributed by atoms with E-state index in [9.17, 15) is 23.2 Å². The molecule has 1 saturated carbocycles. The largest absolute Gasteiger partial charge is 0.489 e. The number of likely N-dealkylation sites (tertiary alicyclic amines) is 1. The van der Waals surface area contributed by atoms with Crippen LogP contribution >= 0.6 is 0 Å². The lowest BCUT2D eigenvalue weighted by molar-refractivity contribution is -0.136. The molecule has 3 amide bonds. The number of alkyl halides is 2. The Kier molecular flexibility index (Phi) is 8.48. The number of nitrogens with zero attached hydrogens (tertiary/aromatic N) is 2. The van der Waals surface area contributed by atoms with Crippen LogP contribution in [0.3, 0.4) is 0 Å². The van der Waals surface area contributed by atoms with E-state index < -0.39 is 12.7 Å². The van der Waals surface area contributed by atoms with Crippen molar-refractivity contribution in [3.8, 4) is 11.5 Å². The molecular formula is C28H33F2N3O5. The summed E-state index contributed by atoms with van der Waals surface area (Å²) in [6, 6.07) is 11.2. The topological polar surface area (TPSA) is 88.2 Å². The van der Waals surface area contributed by atoms with Crippen molar-refractivity contribution >= 4 is 17.7 Å². The second-order valence-corrected chi connectivity index (χ2v) is 10.1. The molecule has 0 aromatic heterocycles. The average molecular weight is 530 g/mol. The number of carbonyl (C=O) groups excluding carboxylic acids is 3. The molecule has 4 rings (SSSR count). The van der Waals surface area contributed by atoms with Gasteiger partial charge in [0.2, 0.25) is 11.8 Å². The normalized spacial score (nSPS) is 18.8. The van der Waals surface area contributed by atoms with Gasteiger partial charge in [-0.3, -0.25) is 14.4 Å². The van der Waals surface area contributed by atoms with Gasteiger partial charge < -0.3 is 24.6 Å². The zero-order valence-electron chi connectivity index (χ0n) is 21.8. The monoisotopic (exact) mass is 529 g/mol. The first kappa shape index (κ1) is 27.3. The Morgan fingerprint density at radius 2 is 1.87 bits per heavy atom. The fourth-order valence-corrected chi connectivity index (χ4v) is 4.63. The maximum Gasteiger partial charge on any atom is 0.387 e. The summed E-state index contributed by atoms with van der Waals surface area (Å²) in [7, 11) is 3.34. The fourth-order valence-electron chi connectivity index (χ4n) is 4.63. The Bertz CT molecular complexity index is 1180. The Balaban J connectivity index is 1.45. The van der Waals surface area contributed by atoms with Crippen LogP contribution in [0.5, 0.6) is 11.5 Å². The molecule has 1 aliphatic heterocycles. The molecule has 1 saturated heterocycles. The van der Waals surface area contributed by atoms with Gasteiger partial charge in [0, 0.05) is 45.6 Å². The highest BCUT2D eigenvalue weighted by Crippen LogP contribution is 2.39. The standard InChI is InChI=1S/C28H33F2N3O5/c1-17(34)33-15-22(20-9-10-24(38-28(29)30)25(13-20)37-16-18-7-8-18)12-23(33)26(35)31-14-19-5-4-6-21(11-19)27(36)32(2)3/h4-6,9-11,13,18,22-23,28H,7-8,12,14-16H2,1-3H3,(H,31,35)/t22?,23-/m1/s1. The number of hydrogen-bond acceptors (Lipinski definition) is 5. The molecule has 2 aromatic rings. The van der Waals surface area contributed by atoms with Crippen molar-refractivity contribution in [2.45, 2.75) is 51.3 Å². The van der Waals surface area contributed by atoms with Crippen molar-refractivity contribution in [2.24, 2.45) is 5.92 Å². The Hall–Kier alpha value is -3.69. The minimum Gasteiger partial charge on any atom is -0.489 e. The first-order valence-electron chi connectivity index (χ1n) is 12.7. The number of carbonyl (C=O) groups is 3. The minimum atomic E-state index is -2.97. The molecule has 204 valence electrons. The van der Waals surface area contributed by atoms with Crippen molar-refractivity contribution < 1.29 is 32.6 Å². The van der Waals surface area contributed by atoms with Gasteiger partial charge in [0.15, 0.2) is 11.5 Å². The van der Waals surface area contributed by atoms with Crippen molar-refractivity contribution in [1.29, 1.82) is 0 Å². The molecular weight excluding hydrogens is 496 g/mol. The van der Waals surface area contributed by atoms with Gasteiger partial charge in [-0.1, -0.05) is 18.2 Å². The molecule has 1 unspecified atom stereocenters. The third-order valence-electron chi connectivity index (χ3n) is 6.88. The van der Waals surface area contributed by atoms with E-state index in [1.165, 1.54) is 22.8 Å². The third-order valence-corrected chi connectivity index (χ3v) is 6.88. The zero-order valence-corrected chi connectivity index (χ0v) is 21.8. The van der Waals surface area contributed by atoms with Gasteiger partial charge in [0.05, 0.1) is 6.61 Å².